The predicted molar refractivity (Wildman–Crippen MR) is 499 cm³/mol. The van der Waals surface area contributed by atoms with Crippen molar-refractivity contribution in [3.63, 3.8) is 0 Å². The summed E-state index contributed by atoms with van der Waals surface area (Å²) < 4.78 is 0. The number of carbonyl (C=O) groups excluding carboxylic acids is 18. The Hall–Kier alpha value is -14.0. The Morgan fingerprint density at radius 2 is 1.02 bits per heavy atom. The molecule has 0 radical (unpaired) electrons. The number of primary amides is 2. The van der Waals surface area contributed by atoms with Crippen LogP contribution < -0.4 is 75.7 Å². The molecule has 14 atom stereocenters. The molecule has 3 saturated heterocycles. The van der Waals surface area contributed by atoms with Gasteiger partial charge in [-0.1, -0.05) is 88.1 Å². The summed E-state index contributed by atoms with van der Waals surface area (Å²) in [6.07, 6.45) is 5.06. The molecule has 136 heavy (non-hydrogen) atoms. The van der Waals surface area contributed by atoms with Gasteiger partial charge in [-0.2, -0.15) is 0 Å². The van der Waals surface area contributed by atoms with E-state index in [4.69, 9.17) is 22.6 Å². The van der Waals surface area contributed by atoms with Crippen molar-refractivity contribution in [2.24, 2.45) is 17.2 Å². The number of nitrogens with two attached hydrogens (primary N) is 3. The minimum Gasteiger partial charge on any atom is -0.508 e. The van der Waals surface area contributed by atoms with Gasteiger partial charge in [-0.25, -0.2) is 4.98 Å². The Morgan fingerprint density at radius 3 is 1.58 bits per heavy atom. The number of para-hydroxylation sites is 2. The summed E-state index contributed by atoms with van der Waals surface area (Å²) in [4.78, 5) is 282. The van der Waals surface area contributed by atoms with Gasteiger partial charge in [-0.3, -0.25) is 86.9 Å². The van der Waals surface area contributed by atoms with Crippen LogP contribution in [0.1, 0.15) is 146 Å². The molecule has 0 aliphatic carbocycles. The van der Waals surface area contributed by atoms with Crippen molar-refractivity contribution in [1.82, 2.24) is 103 Å². The third-order valence-corrected chi connectivity index (χ3v) is 25.4. The number of phenols is 1. The molecule has 3 aromatic carbocycles. The number of imidazole rings is 1. The molecule has 6 heterocycles. The number of hydrogen-bond donors (Lipinski definition) is 20. The second-order valence-electron chi connectivity index (χ2n) is 34.4. The number of nitrogens with one attached hydrogen (secondary N) is 15. The van der Waals surface area contributed by atoms with Crippen LogP contribution in [-0.4, -0.2) is 317 Å². The number of H-pyrrole nitrogens is 3. The van der Waals surface area contributed by atoms with Crippen LogP contribution in [0.25, 0.3) is 21.8 Å². The number of nitrogens with zero attached hydrogens (tertiary/aromatic N) is 6. The summed E-state index contributed by atoms with van der Waals surface area (Å²) in [5, 5.41) is 59.6. The lowest BCUT2D eigenvalue weighted by Crippen LogP contribution is -2.61. The number of guanidine groups is 1. The Kier molecular flexibility index (Phi) is 39.6. The Bertz CT molecular complexity index is 5280. The first-order valence-corrected chi connectivity index (χ1v) is 46.6. The normalized spacial score (nSPS) is 24.0. The Morgan fingerprint density at radius 1 is 0.515 bits per heavy atom. The van der Waals surface area contributed by atoms with Gasteiger partial charge in [0.15, 0.2) is 5.96 Å². The smallest absolute Gasteiger partial charge is 0.246 e. The zero-order chi connectivity index (χ0) is 99.1. The number of aromatic hydroxyl groups is 1. The van der Waals surface area contributed by atoms with Crippen molar-refractivity contribution in [3.8, 4) is 5.75 Å². The van der Waals surface area contributed by atoms with E-state index < -0.39 is 228 Å². The number of thioether (sulfide) groups is 1. The predicted octanol–water partition coefficient (Wildman–Crippen LogP) is -2.58. The van der Waals surface area contributed by atoms with E-state index in [0.717, 1.165) is 31.4 Å². The fourth-order valence-electron chi connectivity index (χ4n) is 16.7. The maximum Gasteiger partial charge on any atom is 0.246 e. The first-order valence-electron chi connectivity index (χ1n) is 45.5. The van der Waals surface area contributed by atoms with Gasteiger partial charge < -0.3 is 130 Å². The van der Waals surface area contributed by atoms with Crippen LogP contribution in [0.15, 0.2) is 97.7 Å². The average Bonchev–Trinajstić information content (AvgIpc) is 1.67. The average molecular weight is 1910 g/mol. The monoisotopic (exact) mass is 1910 g/mol. The maximum absolute atomic E-state index is 15.8. The minimum absolute atomic E-state index is 0.000556. The van der Waals surface area contributed by atoms with Crippen molar-refractivity contribution in [3.05, 3.63) is 120 Å². The summed E-state index contributed by atoms with van der Waals surface area (Å²) in [6.45, 7) is 4.14. The van der Waals surface area contributed by atoms with Crippen molar-refractivity contribution in [2.45, 2.75) is 234 Å². The van der Waals surface area contributed by atoms with Crippen LogP contribution in [0.4, 0.5) is 0 Å². The molecule has 9 rings (SSSR count). The molecule has 3 fully saturated rings. The van der Waals surface area contributed by atoms with Crippen LogP contribution in [0.5, 0.6) is 5.75 Å². The lowest BCUT2D eigenvalue weighted by Gasteiger charge is -2.36. The van der Waals surface area contributed by atoms with Gasteiger partial charge in [0.1, 0.15) is 96.1 Å². The molecule has 0 spiro atoms. The van der Waals surface area contributed by atoms with Crippen LogP contribution >= 0.6 is 11.8 Å². The van der Waals surface area contributed by atoms with E-state index in [1.807, 2.05) is 13.8 Å². The van der Waals surface area contributed by atoms with E-state index in [2.05, 4.69) is 78.4 Å². The topological polar surface area (TPSA) is 658 Å². The molecule has 3 aliphatic heterocycles. The zero-order valence-electron chi connectivity index (χ0n) is 77.3. The highest BCUT2D eigenvalue weighted by Gasteiger charge is 2.46. The number of aromatic nitrogens is 4. The highest BCUT2D eigenvalue weighted by Crippen LogP contribution is 2.28. The molecule has 17 amide bonds. The molecule has 45 heteroatoms. The van der Waals surface area contributed by atoms with E-state index >= 15 is 38.4 Å². The number of Topliss-reactive ketones (excluding diaryl/α,β-unsaturated/α-hetero) is 1. The number of hydrogen-bond acceptors (Lipinski definition) is 23. The van der Waals surface area contributed by atoms with Crippen LogP contribution in [0.2, 0.25) is 0 Å². The van der Waals surface area contributed by atoms with Crippen LogP contribution in [0, 0.1) is 5.41 Å². The number of benzene rings is 3. The third-order valence-electron chi connectivity index (χ3n) is 24.4. The molecule has 3 aromatic heterocycles. The van der Waals surface area contributed by atoms with Gasteiger partial charge >= 0.3 is 0 Å². The Labute approximate surface area is 789 Å². The number of rotatable bonds is 27. The number of carbonyl (C=O) groups is 18. The second-order valence-corrected chi connectivity index (χ2v) is 35.4. The quantitative estimate of drug-likeness (QED) is 0.0143. The molecule has 3 aliphatic rings. The second kappa shape index (κ2) is 50.9. The zero-order valence-corrected chi connectivity index (χ0v) is 78.1. The van der Waals surface area contributed by atoms with Gasteiger partial charge in [0.05, 0.1) is 31.7 Å². The summed E-state index contributed by atoms with van der Waals surface area (Å²) in [7, 11) is 3.90. The molecular weight excluding hydrogens is 1780 g/mol. The highest BCUT2D eigenvalue weighted by molar-refractivity contribution is 8.00. The summed E-state index contributed by atoms with van der Waals surface area (Å²) >= 11 is 0.758. The van der Waals surface area contributed by atoms with E-state index in [0.29, 0.717) is 69.9 Å². The number of ketones is 1. The minimum atomic E-state index is -1.88. The fourth-order valence-corrected chi connectivity index (χ4v) is 17.6. The number of fused-ring (bicyclic) bond motifs is 4. The van der Waals surface area contributed by atoms with Crippen molar-refractivity contribution in [1.29, 1.82) is 5.41 Å². The lowest BCUT2D eigenvalue weighted by molar-refractivity contribution is -0.149. The third kappa shape index (κ3) is 29.5. The fraction of sp³-hybridized carbons (Fsp3) is 0.516. The van der Waals surface area contributed by atoms with Crippen LogP contribution in [0.3, 0.4) is 0 Å². The molecular formula is C91H126N24O20S. The molecule has 0 bridgehead atoms. The number of phenolic OH excluding ortho intramolecular Hbond substituents is 1. The van der Waals surface area contributed by atoms with Gasteiger partial charge in [0.2, 0.25) is 100 Å². The number of aromatic amines is 3. The van der Waals surface area contributed by atoms with E-state index in [-0.39, 0.29) is 115 Å². The van der Waals surface area contributed by atoms with Gasteiger partial charge in [-0.05, 0) is 113 Å². The first kappa shape index (κ1) is 106. The number of amides is 17. The van der Waals surface area contributed by atoms with Crippen molar-refractivity contribution >= 4 is 146 Å². The number of unbranched alkanes of at least 4 members (excludes halogenated alkanes) is 2. The number of aliphatic hydroxyl groups excluding tert-OH is 1. The standard InChI is InChI=1S/C91H126N24O20S/c1-8-10-24-70-83(128)103-61(23-16-34-97-91(94)95)79(124)110-69(78(123)100-45-75(93)120)47-136-48-76(121)102-65(37-52-29-31-56(118)32-30-52)86(131)111(5)51(4)77(122)107-67(41-74(92)119)89(134)115-36-18-27-72(115)85(130)106-64(40-55-44-96-49-101-55)81(126)104-62(33-28-50(3)117)88(133)114-35-17-26-71(114)84(129)105-63(38-53-42-98-59-21-14-12-19-57(53)59)80(125)109-68(46-116)82(127)108-66(39-54-43-99-60-22-15-13-20-58(54)60)87(132)113(7)73(25-11-9-2)90(135)112(70)6/h12-15,19-22,29-32,42-44,49,51,61-73,98-99,116,118H,8-11,16-18,23-28,33-41,45-48H2,1-7H3,(H2,92,119)(H2,93,120)(H,96,101)(H,100,123)(H,102,121)(H,103,128)(H,104,126)(H,105,129)(H,106,130)(H,107,122)(H,108,127)(H,109,125)(H,110,124)(H4,94,95,97)/t51-,61-,62-,63-,64-,65-,66-,67-,68-,69-,70-,71-,72-,73-/m0/s1. The largest absolute Gasteiger partial charge is 0.508 e. The molecule has 23 N–H and O–H groups in total. The Balaban J connectivity index is 1.10. The van der Waals surface area contributed by atoms with Crippen molar-refractivity contribution in [2.75, 3.05) is 65.4 Å². The summed E-state index contributed by atoms with van der Waals surface area (Å²) in [5.41, 5.74) is 19.8. The molecule has 6 aromatic rings. The SMILES string of the molecule is CCCC[C@H]1C(=O)N(C)[C@@H](CCCC)C(=O)N[C@@H](CCCNC(=N)N)C(=O)N[C@H](C(=O)NCC(N)=O)CSCC(=O)N[C@@H](Cc2ccc(O)cc2)C(=O)N(C)[C@@H](C)C(=O)N[C@@H](CC(N)=O)C(=O)N2CCC[C@H]2C(=O)N[C@@H](Cc2cnc[nH]2)C(=O)N[C@@H](CCC(C)=O)C(=O)N2CCC[C@H]2C(=O)N[C@@H](Cc2c[nH]c3ccccc23)C(=O)N[C@@H](CO)C(=O)N[C@@H](Cc2c[nH]c3ccccc23)C(=O)N1C. The van der Waals surface area contributed by atoms with Gasteiger partial charge in [0, 0.05) is 125 Å². The number of likely N-dealkylation sites (N-methyl/N-ethyl adjacent to an activating group) is 3. The molecule has 44 nitrogen and oxygen atoms in total. The van der Waals surface area contributed by atoms with Gasteiger partial charge in [-0.15, -0.1) is 11.8 Å². The lowest BCUT2D eigenvalue weighted by atomic mass is 10.00. The van der Waals surface area contributed by atoms with Crippen LogP contribution in [-0.2, 0) is 112 Å². The summed E-state index contributed by atoms with van der Waals surface area (Å²) in [6, 6.07) is -2.14. The van der Waals surface area contributed by atoms with Crippen molar-refractivity contribution < 1.29 is 96.5 Å². The van der Waals surface area contributed by atoms with E-state index in [1.165, 1.54) is 76.7 Å². The first-order chi connectivity index (χ1) is 64.9. The highest BCUT2D eigenvalue weighted by atomic mass is 32.2. The number of aliphatic hydroxyl groups is 1. The molecule has 0 unspecified atom stereocenters. The molecule has 0 saturated carbocycles. The van der Waals surface area contributed by atoms with E-state index in [1.54, 1.807) is 60.9 Å². The molecule has 736 valence electrons. The van der Waals surface area contributed by atoms with Gasteiger partial charge in [0.25, 0.3) is 0 Å². The summed E-state index contributed by atoms with van der Waals surface area (Å²) in [5.74, 6) is -18.0. The van der Waals surface area contributed by atoms with E-state index in [9.17, 15) is 58.2 Å². The maximum atomic E-state index is 15.8.